The number of aliphatic hydroxyl groups excluding tert-OH is 1. The van der Waals surface area contributed by atoms with Crippen molar-refractivity contribution in [3.63, 3.8) is 0 Å². The largest absolute Gasteiger partial charge is 0.414 e. The van der Waals surface area contributed by atoms with Gasteiger partial charge in [0.25, 0.3) is 5.56 Å². The number of rotatable bonds is 6. The highest BCUT2D eigenvalue weighted by atomic mass is 28.5. The first-order valence-corrected chi connectivity index (χ1v) is 16.6. The minimum Gasteiger partial charge on any atom is -0.414 e. The fourth-order valence-electron chi connectivity index (χ4n) is 5.95. The predicted octanol–water partition coefficient (Wildman–Crippen LogP) is 2.52. The maximum Gasteiger partial charge on any atom is 0.335 e. The number of aromatic nitrogens is 2. The SMILES string of the molecule is CC(C)[Si]1(C(C)C)OCC2OC(n3ccc(=O)[nH]c3=O)C3(OC3CO)C2O[Si](C(C)C)(C(C)C)O1. The number of H-pyrrole nitrogens is 1. The summed E-state index contributed by atoms with van der Waals surface area (Å²) in [6.07, 6.45) is -1.21. The maximum absolute atomic E-state index is 12.7. The monoisotopic (exact) mass is 528 g/mol. The number of aliphatic hydroxyl groups is 1. The molecule has 0 bridgehead atoms. The standard InChI is InChI=1S/C23H40N2O8Si2/c1-13(2)34(14(3)4)29-12-17-20(32-35(33-34,15(5)6)16(7)8)23(18(11-26)31-23)21(30-17)25-10-9-19(27)24-22(25)28/h9-10,13-18,20-21,26H,11-12H2,1-8H3,(H,24,27,28). The fraction of sp³-hybridized carbons (Fsp3) is 0.826. The summed E-state index contributed by atoms with van der Waals surface area (Å²) in [5.74, 6) is 0. The van der Waals surface area contributed by atoms with E-state index in [1.807, 2.05) is 0 Å². The number of nitrogens with one attached hydrogen (secondary N) is 1. The molecule has 3 aliphatic rings. The molecule has 4 rings (SSSR count). The summed E-state index contributed by atoms with van der Waals surface area (Å²) in [5.41, 5.74) is -1.62. The molecule has 3 aliphatic heterocycles. The molecule has 1 spiro atoms. The quantitative estimate of drug-likeness (QED) is 0.426. The lowest BCUT2D eigenvalue weighted by Crippen LogP contribution is -2.66. The smallest absolute Gasteiger partial charge is 0.335 e. The van der Waals surface area contributed by atoms with Crippen LogP contribution in [0.15, 0.2) is 21.9 Å². The van der Waals surface area contributed by atoms with Crippen LogP contribution in [0.25, 0.3) is 0 Å². The minimum absolute atomic E-state index is 0.104. The van der Waals surface area contributed by atoms with Gasteiger partial charge < -0.3 is 27.5 Å². The Balaban J connectivity index is 1.86. The van der Waals surface area contributed by atoms with Crippen LogP contribution in [0.4, 0.5) is 0 Å². The van der Waals surface area contributed by atoms with E-state index in [2.05, 4.69) is 60.4 Å². The number of nitrogens with zero attached hydrogens (tertiary/aromatic N) is 1. The van der Waals surface area contributed by atoms with Crippen molar-refractivity contribution < 1.29 is 27.5 Å². The third kappa shape index (κ3) is 4.06. The van der Waals surface area contributed by atoms with E-state index in [0.29, 0.717) is 0 Å². The van der Waals surface area contributed by atoms with Crippen LogP contribution in [0.2, 0.25) is 22.2 Å². The third-order valence-corrected chi connectivity index (χ3v) is 18.1. The van der Waals surface area contributed by atoms with Crippen LogP contribution in [0.5, 0.6) is 0 Å². The van der Waals surface area contributed by atoms with E-state index in [4.69, 9.17) is 22.4 Å². The van der Waals surface area contributed by atoms with Gasteiger partial charge in [-0.25, -0.2) is 4.79 Å². The van der Waals surface area contributed by atoms with Crippen molar-refractivity contribution in [1.29, 1.82) is 0 Å². The Labute approximate surface area is 208 Å². The molecule has 2 N–H and O–H groups in total. The summed E-state index contributed by atoms with van der Waals surface area (Å²) in [6, 6.07) is 1.27. The van der Waals surface area contributed by atoms with Gasteiger partial charge in [-0.15, -0.1) is 0 Å². The van der Waals surface area contributed by atoms with Gasteiger partial charge in [0.05, 0.1) is 13.2 Å². The normalized spacial score (nSPS) is 34.0. The Hall–Kier alpha value is -1.13. The van der Waals surface area contributed by atoms with E-state index in [9.17, 15) is 14.7 Å². The zero-order chi connectivity index (χ0) is 25.9. The first-order valence-electron chi connectivity index (χ1n) is 12.6. The highest BCUT2D eigenvalue weighted by Gasteiger charge is 2.76. The van der Waals surface area contributed by atoms with Crippen LogP contribution in [0, 0.1) is 0 Å². The lowest BCUT2D eigenvalue weighted by Gasteiger charge is -2.51. The Morgan fingerprint density at radius 1 is 1.06 bits per heavy atom. The van der Waals surface area contributed by atoms with Crippen LogP contribution < -0.4 is 11.2 Å². The lowest BCUT2D eigenvalue weighted by molar-refractivity contribution is -0.0579. The molecule has 0 aliphatic carbocycles. The molecular weight excluding hydrogens is 488 g/mol. The molecule has 12 heteroatoms. The number of aromatic amines is 1. The van der Waals surface area contributed by atoms with Gasteiger partial charge in [-0.2, -0.15) is 0 Å². The summed E-state index contributed by atoms with van der Waals surface area (Å²) >= 11 is 0. The van der Waals surface area contributed by atoms with Gasteiger partial charge in [-0.1, -0.05) is 55.4 Å². The Bertz CT molecular complexity index is 1020. The highest BCUT2D eigenvalue weighted by molar-refractivity contribution is 6.84. The van der Waals surface area contributed by atoms with Gasteiger partial charge >= 0.3 is 22.8 Å². The van der Waals surface area contributed by atoms with Crippen molar-refractivity contribution >= 4 is 17.1 Å². The second-order valence-electron chi connectivity index (χ2n) is 11.2. The average Bonchev–Trinajstić information content (AvgIpc) is 3.41. The van der Waals surface area contributed by atoms with E-state index in [1.165, 1.54) is 16.8 Å². The lowest BCUT2D eigenvalue weighted by atomic mass is 9.95. The Morgan fingerprint density at radius 2 is 1.66 bits per heavy atom. The van der Waals surface area contributed by atoms with E-state index in [1.54, 1.807) is 0 Å². The molecule has 1 aromatic heterocycles. The first-order chi connectivity index (χ1) is 16.4. The summed E-state index contributed by atoms with van der Waals surface area (Å²) in [5, 5.41) is 10.1. The maximum atomic E-state index is 12.7. The molecule has 3 saturated heterocycles. The molecular formula is C23H40N2O8Si2. The van der Waals surface area contributed by atoms with E-state index in [-0.39, 0.29) is 35.4 Å². The number of hydrogen-bond donors (Lipinski definition) is 2. The molecule has 3 fully saturated rings. The summed E-state index contributed by atoms with van der Waals surface area (Å²) in [4.78, 5) is 26.7. The topological polar surface area (TPSA) is 125 Å². The number of fused-ring (bicyclic) bond motifs is 2. The van der Waals surface area contributed by atoms with E-state index >= 15 is 0 Å². The molecule has 198 valence electrons. The summed E-state index contributed by atoms with van der Waals surface area (Å²) < 4.78 is 35.0. The van der Waals surface area contributed by atoms with Crippen LogP contribution in [-0.2, 0) is 22.4 Å². The van der Waals surface area contributed by atoms with E-state index < -0.39 is 58.5 Å². The van der Waals surface area contributed by atoms with Gasteiger partial charge in [-0.05, 0) is 22.2 Å². The minimum atomic E-state index is -2.96. The molecule has 0 saturated carbocycles. The molecule has 0 amide bonds. The molecule has 5 atom stereocenters. The molecule has 35 heavy (non-hydrogen) atoms. The van der Waals surface area contributed by atoms with E-state index in [0.717, 1.165) is 0 Å². The van der Waals surface area contributed by atoms with Crippen LogP contribution in [-0.4, -0.2) is 68.9 Å². The van der Waals surface area contributed by atoms with Gasteiger partial charge in [0.2, 0.25) is 0 Å². The van der Waals surface area contributed by atoms with Gasteiger partial charge in [-0.3, -0.25) is 14.3 Å². The molecule has 5 unspecified atom stereocenters. The van der Waals surface area contributed by atoms with Crippen molar-refractivity contribution in [1.82, 2.24) is 9.55 Å². The first kappa shape index (κ1) is 26.9. The van der Waals surface area contributed by atoms with Crippen LogP contribution >= 0.6 is 0 Å². The highest BCUT2D eigenvalue weighted by Crippen LogP contribution is 2.58. The molecule has 0 aromatic carbocycles. The molecule has 10 nitrogen and oxygen atoms in total. The predicted molar refractivity (Wildman–Crippen MR) is 134 cm³/mol. The van der Waals surface area contributed by atoms with Crippen LogP contribution in [0.3, 0.4) is 0 Å². The van der Waals surface area contributed by atoms with Crippen molar-refractivity contribution in [2.24, 2.45) is 0 Å². The van der Waals surface area contributed by atoms with Crippen molar-refractivity contribution in [3.05, 3.63) is 33.1 Å². The number of hydrogen-bond acceptors (Lipinski definition) is 8. The molecule has 4 heterocycles. The zero-order valence-corrected chi connectivity index (χ0v) is 23.9. The average molecular weight is 529 g/mol. The summed E-state index contributed by atoms with van der Waals surface area (Å²) in [6.45, 7) is 17.1. The fourth-order valence-corrected chi connectivity index (χ4v) is 17.2. The van der Waals surface area contributed by atoms with Crippen molar-refractivity contribution in [3.8, 4) is 0 Å². The third-order valence-electron chi connectivity index (χ3n) is 7.86. The van der Waals surface area contributed by atoms with Crippen molar-refractivity contribution in [2.75, 3.05) is 13.2 Å². The Morgan fingerprint density at radius 3 is 2.14 bits per heavy atom. The second kappa shape index (κ2) is 9.32. The molecule has 0 radical (unpaired) electrons. The van der Waals surface area contributed by atoms with Gasteiger partial charge in [0.1, 0.15) is 18.3 Å². The van der Waals surface area contributed by atoms with Crippen molar-refractivity contribution in [2.45, 2.75) is 108 Å². The Kier molecular flexibility index (Phi) is 7.17. The zero-order valence-electron chi connectivity index (χ0n) is 21.9. The van der Waals surface area contributed by atoms with Gasteiger partial charge in [0, 0.05) is 12.3 Å². The van der Waals surface area contributed by atoms with Crippen LogP contribution in [0.1, 0.15) is 61.6 Å². The van der Waals surface area contributed by atoms with Gasteiger partial charge in [0.15, 0.2) is 11.8 Å². The second-order valence-corrected chi connectivity index (χ2v) is 20.0. The number of epoxide rings is 1. The summed E-state index contributed by atoms with van der Waals surface area (Å²) in [7, 11) is -5.72. The molecule has 1 aromatic rings. The number of ether oxygens (including phenoxy) is 2.